The average molecular weight is 269 g/mol. The van der Waals surface area contributed by atoms with E-state index in [1.54, 1.807) is 6.92 Å². The molecule has 0 spiro atoms. The molecule has 0 aliphatic rings. The van der Waals surface area contributed by atoms with Crippen molar-refractivity contribution in [3.63, 3.8) is 0 Å². The lowest BCUT2D eigenvalue weighted by molar-refractivity contribution is -0.385. The fraction of sp³-hybridized carbons (Fsp3) is 0.273. The topological polar surface area (TPSA) is 107 Å². The van der Waals surface area contributed by atoms with Crippen LogP contribution in [0.25, 0.3) is 0 Å². The van der Waals surface area contributed by atoms with Gasteiger partial charge in [0.15, 0.2) is 0 Å². The summed E-state index contributed by atoms with van der Waals surface area (Å²) in [5.74, 6) is -2.34. The van der Waals surface area contributed by atoms with E-state index in [4.69, 9.17) is 5.73 Å². The van der Waals surface area contributed by atoms with E-state index in [1.807, 2.05) is 0 Å². The molecule has 0 saturated heterocycles. The first kappa shape index (κ1) is 14.6. The Morgan fingerprint density at radius 2 is 2.11 bits per heavy atom. The van der Waals surface area contributed by atoms with Gasteiger partial charge in [-0.05, 0) is 19.1 Å². The molecule has 0 saturated carbocycles. The van der Waals surface area contributed by atoms with E-state index in [0.717, 1.165) is 23.1 Å². The van der Waals surface area contributed by atoms with Crippen molar-refractivity contribution in [1.29, 1.82) is 0 Å². The molecule has 2 N–H and O–H groups in total. The van der Waals surface area contributed by atoms with Gasteiger partial charge >= 0.3 is 0 Å². The Hall–Kier alpha value is -2.51. The standard InChI is InChI=1S/C11H12FN3O4/c1-2-14(6-10(13)16)11(17)8-5-7(12)3-4-9(8)15(18)19/h3-5H,2,6H2,1H3,(H2,13,16). The van der Waals surface area contributed by atoms with Crippen LogP contribution in [0.5, 0.6) is 0 Å². The predicted octanol–water partition coefficient (Wildman–Crippen LogP) is 0.681. The molecule has 1 aromatic carbocycles. The van der Waals surface area contributed by atoms with E-state index >= 15 is 0 Å². The molecule has 102 valence electrons. The molecule has 19 heavy (non-hydrogen) atoms. The highest BCUT2D eigenvalue weighted by molar-refractivity contribution is 5.99. The van der Waals surface area contributed by atoms with Crippen LogP contribution in [0.2, 0.25) is 0 Å². The highest BCUT2D eigenvalue weighted by atomic mass is 19.1. The minimum absolute atomic E-state index is 0.120. The Bertz CT molecular complexity index is 533. The van der Waals surface area contributed by atoms with Crippen LogP contribution in [-0.2, 0) is 4.79 Å². The summed E-state index contributed by atoms with van der Waals surface area (Å²) >= 11 is 0. The zero-order valence-corrected chi connectivity index (χ0v) is 10.1. The zero-order chi connectivity index (χ0) is 14.6. The van der Waals surface area contributed by atoms with Crippen LogP contribution in [0.4, 0.5) is 10.1 Å². The maximum atomic E-state index is 13.1. The van der Waals surface area contributed by atoms with Gasteiger partial charge in [0.05, 0.1) is 11.5 Å². The van der Waals surface area contributed by atoms with E-state index < -0.39 is 33.8 Å². The number of hydrogen-bond donors (Lipinski definition) is 1. The van der Waals surface area contributed by atoms with Gasteiger partial charge in [0.1, 0.15) is 11.4 Å². The number of primary amides is 1. The first-order chi connectivity index (χ1) is 8.86. The summed E-state index contributed by atoms with van der Waals surface area (Å²) < 4.78 is 13.1. The molecular weight excluding hydrogens is 257 g/mol. The first-order valence-corrected chi connectivity index (χ1v) is 5.38. The fourth-order valence-electron chi connectivity index (χ4n) is 1.52. The number of rotatable bonds is 5. The Kier molecular flexibility index (Phi) is 4.51. The SMILES string of the molecule is CCN(CC(N)=O)C(=O)c1cc(F)ccc1[N+](=O)[O-]. The number of nitrogens with two attached hydrogens (primary N) is 1. The van der Waals surface area contributed by atoms with Crippen molar-refractivity contribution in [2.75, 3.05) is 13.1 Å². The number of hydrogen-bond acceptors (Lipinski definition) is 4. The van der Waals surface area contributed by atoms with Crippen molar-refractivity contribution in [2.24, 2.45) is 5.73 Å². The second-order valence-electron chi connectivity index (χ2n) is 3.70. The number of carbonyl (C=O) groups excluding carboxylic acids is 2. The van der Waals surface area contributed by atoms with Crippen molar-refractivity contribution >= 4 is 17.5 Å². The predicted molar refractivity (Wildman–Crippen MR) is 63.8 cm³/mol. The lowest BCUT2D eigenvalue weighted by atomic mass is 10.1. The van der Waals surface area contributed by atoms with Crippen molar-refractivity contribution in [3.05, 3.63) is 39.7 Å². The summed E-state index contributed by atoms with van der Waals surface area (Å²) in [5.41, 5.74) is 4.04. The van der Waals surface area contributed by atoms with Gasteiger partial charge < -0.3 is 10.6 Å². The molecule has 0 unspecified atom stereocenters. The molecular formula is C11H12FN3O4. The second-order valence-corrected chi connectivity index (χ2v) is 3.70. The lowest BCUT2D eigenvalue weighted by Crippen LogP contribution is -2.38. The van der Waals surface area contributed by atoms with Gasteiger partial charge in [-0.3, -0.25) is 19.7 Å². The number of halogens is 1. The Morgan fingerprint density at radius 1 is 1.47 bits per heavy atom. The van der Waals surface area contributed by atoms with E-state index in [1.165, 1.54) is 0 Å². The zero-order valence-electron chi connectivity index (χ0n) is 10.1. The van der Waals surface area contributed by atoms with E-state index in [9.17, 15) is 24.1 Å². The monoisotopic (exact) mass is 269 g/mol. The van der Waals surface area contributed by atoms with Crippen molar-refractivity contribution in [3.8, 4) is 0 Å². The smallest absolute Gasteiger partial charge is 0.282 e. The molecule has 1 aromatic rings. The minimum Gasteiger partial charge on any atom is -0.368 e. The summed E-state index contributed by atoms with van der Waals surface area (Å²) in [6.45, 7) is 1.31. The van der Waals surface area contributed by atoms with Gasteiger partial charge in [0.2, 0.25) is 5.91 Å². The minimum atomic E-state index is -0.812. The summed E-state index contributed by atoms with van der Waals surface area (Å²) in [5, 5.41) is 10.8. The third-order valence-electron chi connectivity index (χ3n) is 2.40. The van der Waals surface area contributed by atoms with Gasteiger partial charge in [-0.1, -0.05) is 0 Å². The molecule has 0 bridgehead atoms. The quantitative estimate of drug-likeness (QED) is 0.626. The van der Waals surface area contributed by atoms with Crippen LogP contribution >= 0.6 is 0 Å². The van der Waals surface area contributed by atoms with Gasteiger partial charge in [-0.15, -0.1) is 0 Å². The Labute approximate surface area is 107 Å². The fourth-order valence-corrected chi connectivity index (χ4v) is 1.52. The molecule has 0 aromatic heterocycles. The number of nitrogens with zero attached hydrogens (tertiary/aromatic N) is 2. The van der Waals surface area contributed by atoms with Crippen molar-refractivity contribution in [1.82, 2.24) is 4.90 Å². The maximum absolute atomic E-state index is 13.1. The Balaban J connectivity index is 3.19. The van der Waals surface area contributed by atoms with E-state index in [-0.39, 0.29) is 13.1 Å². The van der Waals surface area contributed by atoms with Crippen LogP contribution in [0.1, 0.15) is 17.3 Å². The largest absolute Gasteiger partial charge is 0.368 e. The van der Waals surface area contributed by atoms with Gasteiger partial charge in [-0.25, -0.2) is 4.39 Å². The first-order valence-electron chi connectivity index (χ1n) is 5.38. The van der Waals surface area contributed by atoms with E-state index in [0.29, 0.717) is 0 Å². The van der Waals surface area contributed by atoms with Crippen LogP contribution in [0.3, 0.4) is 0 Å². The normalized spacial score (nSPS) is 10.0. The molecule has 0 aliphatic carbocycles. The lowest BCUT2D eigenvalue weighted by Gasteiger charge is -2.18. The molecule has 2 amide bonds. The third-order valence-corrected chi connectivity index (χ3v) is 2.40. The van der Waals surface area contributed by atoms with Crippen LogP contribution in [0.15, 0.2) is 18.2 Å². The van der Waals surface area contributed by atoms with Crippen LogP contribution in [0, 0.1) is 15.9 Å². The third kappa shape index (κ3) is 3.47. The van der Waals surface area contributed by atoms with Crippen LogP contribution in [-0.4, -0.2) is 34.7 Å². The van der Waals surface area contributed by atoms with Crippen molar-refractivity contribution < 1.29 is 18.9 Å². The Morgan fingerprint density at radius 3 is 2.58 bits per heavy atom. The highest BCUT2D eigenvalue weighted by Crippen LogP contribution is 2.21. The average Bonchev–Trinajstić information content (AvgIpc) is 2.34. The number of nitro groups is 1. The highest BCUT2D eigenvalue weighted by Gasteiger charge is 2.25. The van der Waals surface area contributed by atoms with Crippen molar-refractivity contribution in [2.45, 2.75) is 6.92 Å². The number of nitro benzene ring substituents is 1. The molecule has 0 radical (unpaired) electrons. The summed E-state index contributed by atoms with van der Waals surface area (Å²) in [7, 11) is 0. The summed E-state index contributed by atoms with van der Waals surface area (Å²) in [6.07, 6.45) is 0. The van der Waals surface area contributed by atoms with Gasteiger partial charge in [0, 0.05) is 12.6 Å². The number of carbonyl (C=O) groups is 2. The molecule has 1 rings (SSSR count). The summed E-state index contributed by atoms with van der Waals surface area (Å²) in [6, 6.07) is 2.56. The maximum Gasteiger partial charge on any atom is 0.282 e. The van der Waals surface area contributed by atoms with Gasteiger partial charge in [0.25, 0.3) is 11.6 Å². The van der Waals surface area contributed by atoms with E-state index in [2.05, 4.69) is 0 Å². The molecule has 8 heteroatoms. The molecule has 7 nitrogen and oxygen atoms in total. The molecule has 0 fully saturated rings. The second kappa shape index (κ2) is 5.89. The molecule has 0 aliphatic heterocycles. The number of likely N-dealkylation sites (N-methyl/N-ethyl adjacent to an activating group) is 1. The van der Waals surface area contributed by atoms with Crippen LogP contribution < -0.4 is 5.73 Å². The number of benzene rings is 1. The van der Waals surface area contributed by atoms with Gasteiger partial charge in [-0.2, -0.15) is 0 Å². The summed E-state index contributed by atoms with van der Waals surface area (Å²) in [4.78, 5) is 33.9. The number of amides is 2. The molecule has 0 heterocycles. The molecule has 0 atom stereocenters.